The van der Waals surface area contributed by atoms with E-state index in [1.807, 2.05) is 0 Å². The van der Waals surface area contributed by atoms with Gasteiger partial charge < -0.3 is 45.3 Å². The van der Waals surface area contributed by atoms with Crippen LogP contribution in [0.2, 0.25) is 0 Å². The molecule has 16 nitrogen and oxygen atoms in total. The van der Waals surface area contributed by atoms with Crippen LogP contribution in [-0.4, -0.2) is 105 Å². The number of carboxylic acids is 1. The number of ketones is 1. The number of unbranched alkanes of at least 4 members (excludes halogenated alkanes) is 2. The zero-order valence-electron chi connectivity index (χ0n) is 24.5. The lowest BCUT2D eigenvalue weighted by Gasteiger charge is -2.38. The van der Waals surface area contributed by atoms with Gasteiger partial charge in [-0.05, 0) is 37.0 Å². The van der Waals surface area contributed by atoms with Crippen LogP contribution in [-0.2, 0) is 40.1 Å². The van der Waals surface area contributed by atoms with Gasteiger partial charge in [0.05, 0.1) is 5.69 Å². The number of anilines is 1. The number of carbonyl (C=O) groups excluding carboxylic acids is 5. The van der Waals surface area contributed by atoms with Gasteiger partial charge in [-0.25, -0.2) is 9.59 Å². The van der Waals surface area contributed by atoms with Crippen molar-refractivity contribution in [1.29, 1.82) is 0 Å². The number of rotatable bonds is 16. The number of hydrogen-bond acceptors (Lipinski definition) is 12. The van der Waals surface area contributed by atoms with Crippen molar-refractivity contribution in [2.75, 3.05) is 18.9 Å². The Kier molecular flexibility index (Phi) is 13.0. The first-order valence-electron chi connectivity index (χ1n) is 14.3. The number of aliphatic hydroxyl groups excluding tert-OH is 3. The fraction of sp³-hybridized carbons (Fsp3) is 0.517. The van der Waals surface area contributed by atoms with Crippen LogP contribution in [0, 0.1) is 0 Å². The molecule has 45 heavy (non-hydrogen) atoms. The van der Waals surface area contributed by atoms with Crippen LogP contribution in [0.5, 0.6) is 5.75 Å². The normalized spacial score (nSPS) is 22.7. The first-order chi connectivity index (χ1) is 21.4. The van der Waals surface area contributed by atoms with Crippen molar-refractivity contribution in [3.63, 3.8) is 0 Å². The third-order valence-electron chi connectivity index (χ3n) is 7.05. The van der Waals surface area contributed by atoms with Gasteiger partial charge in [-0.3, -0.25) is 24.1 Å². The van der Waals surface area contributed by atoms with E-state index in [9.17, 15) is 49.2 Å². The molecule has 2 aliphatic heterocycles. The topological polar surface area (TPSA) is 238 Å². The third-order valence-corrected chi connectivity index (χ3v) is 7.05. The number of carboxylic acid groups (broad SMARTS) is 1. The van der Waals surface area contributed by atoms with Crippen molar-refractivity contribution in [2.45, 2.75) is 82.3 Å². The van der Waals surface area contributed by atoms with Gasteiger partial charge in [0, 0.05) is 45.0 Å². The summed E-state index contributed by atoms with van der Waals surface area (Å²) in [6.45, 7) is 0.103. The summed E-state index contributed by atoms with van der Waals surface area (Å²) >= 11 is 0. The van der Waals surface area contributed by atoms with E-state index in [4.69, 9.17) is 14.2 Å². The fourth-order valence-electron chi connectivity index (χ4n) is 4.57. The molecule has 1 saturated heterocycles. The zero-order chi connectivity index (χ0) is 33.1. The molecule has 1 aromatic rings. The molecule has 0 aromatic heterocycles. The largest absolute Gasteiger partial charge is 0.479 e. The molecule has 246 valence electrons. The fourth-order valence-corrected chi connectivity index (χ4v) is 4.57. The summed E-state index contributed by atoms with van der Waals surface area (Å²) in [5, 5.41) is 44.6. The monoisotopic (exact) mass is 635 g/mol. The Morgan fingerprint density at radius 2 is 1.60 bits per heavy atom. The number of benzene rings is 1. The minimum absolute atomic E-state index is 0.0396. The molecule has 1 aromatic carbocycles. The van der Waals surface area contributed by atoms with Crippen molar-refractivity contribution in [3.05, 3.63) is 35.9 Å². The van der Waals surface area contributed by atoms with Crippen molar-refractivity contribution in [3.8, 4) is 5.75 Å². The smallest absolute Gasteiger partial charge is 0.407 e. The number of nitrogens with zero attached hydrogens (tertiary/aromatic N) is 1. The quantitative estimate of drug-likeness (QED) is 0.104. The number of nitrogens with one attached hydrogen (secondary N) is 2. The molecule has 4 amide bonds. The molecular formula is C29H37N3O13. The molecule has 1 fully saturated rings. The maximum atomic E-state index is 12.8. The van der Waals surface area contributed by atoms with Crippen LogP contribution in [0.4, 0.5) is 10.5 Å². The van der Waals surface area contributed by atoms with E-state index in [-0.39, 0.29) is 61.3 Å². The van der Waals surface area contributed by atoms with Crippen LogP contribution >= 0.6 is 0 Å². The summed E-state index contributed by atoms with van der Waals surface area (Å²) in [5.74, 6) is -2.93. The van der Waals surface area contributed by atoms with Crippen LogP contribution in [0.25, 0.3) is 0 Å². The van der Waals surface area contributed by atoms with Crippen LogP contribution in [0.1, 0.15) is 50.5 Å². The number of amides is 4. The maximum Gasteiger partial charge on any atom is 0.407 e. The number of Topliss-reactive ketones (excluding diaryl/α,β-unsaturated/α-hetero) is 1. The summed E-state index contributed by atoms with van der Waals surface area (Å²) in [6, 6.07) is 4.23. The summed E-state index contributed by atoms with van der Waals surface area (Å²) in [5.41, 5.74) is 0.466. The predicted octanol–water partition coefficient (Wildman–Crippen LogP) is -0.0231. The average Bonchev–Trinajstić information content (AvgIpc) is 3.32. The Labute approximate surface area is 257 Å². The third kappa shape index (κ3) is 10.1. The number of hydrogen-bond donors (Lipinski definition) is 6. The minimum atomic E-state index is -1.92. The van der Waals surface area contributed by atoms with Gasteiger partial charge in [0.25, 0.3) is 11.8 Å². The number of carbonyl (C=O) groups is 6. The molecular weight excluding hydrogens is 598 g/mol. The van der Waals surface area contributed by atoms with E-state index >= 15 is 0 Å². The SMILES string of the molecule is CNC(=O)OCc1ccc(O[C@H]2O[C@@H](C(=O)O)[C@H](O)[C@@H](O)[C@@H]2O)c(NC(=O)CCCC(=O)CCCCCN2C(=O)C=CC2=O)c1. The number of aliphatic carboxylic acids is 1. The van der Waals surface area contributed by atoms with Gasteiger partial charge in [0.2, 0.25) is 12.2 Å². The van der Waals surface area contributed by atoms with Gasteiger partial charge in [0.1, 0.15) is 36.5 Å². The van der Waals surface area contributed by atoms with Gasteiger partial charge in [-0.1, -0.05) is 12.5 Å². The number of alkyl carbamates (subject to hydrolysis) is 1. The molecule has 0 aliphatic carbocycles. The van der Waals surface area contributed by atoms with Gasteiger partial charge in [-0.2, -0.15) is 0 Å². The molecule has 2 heterocycles. The van der Waals surface area contributed by atoms with E-state index in [0.717, 1.165) is 4.90 Å². The van der Waals surface area contributed by atoms with E-state index in [2.05, 4.69) is 10.6 Å². The highest BCUT2D eigenvalue weighted by atomic mass is 16.7. The summed E-state index contributed by atoms with van der Waals surface area (Å²) in [7, 11) is 1.38. The Hall–Kier alpha value is -4.38. The first kappa shape index (κ1) is 35.1. The lowest BCUT2D eigenvalue weighted by atomic mass is 9.99. The van der Waals surface area contributed by atoms with Crippen LogP contribution in [0.15, 0.2) is 30.4 Å². The molecule has 0 radical (unpaired) electrons. The van der Waals surface area contributed by atoms with Crippen molar-refractivity contribution < 1.29 is 63.4 Å². The Morgan fingerprint density at radius 3 is 2.27 bits per heavy atom. The number of ether oxygens (including phenoxy) is 3. The highest BCUT2D eigenvalue weighted by molar-refractivity contribution is 6.12. The van der Waals surface area contributed by atoms with Gasteiger partial charge in [-0.15, -0.1) is 0 Å². The second kappa shape index (κ2) is 16.6. The van der Waals surface area contributed by atoms with E-state index in [1.54, 1.807) is 0 Å². The van der Waals surface area contributed by atoms with E-state index < -0.39 is 48.7 Å². The second-order valence-corrected chi connectivity index (χ2v) is 10.4. The first-order valence-corrected chi connectivity index (χ1v) is 14.3. The average molecular weight is 636 g/mol. The summed E-state index contributed by atoms with van der Waals surface area (Å²) in [4.78, 5) is 72.2. The molecule has 16 heteroatoms. The lowest BCUT2D eigenvalue weighted by molar-refractivity contribution is -0.271. The molecule has 0 saturated carbocycles. The summed E-state index contributed by atoms with van der Waals surface area (Å²) < 4.78 is 15.8. The van der Waals surface area contributed by atoms with E-state index in [0.29, 0.717) is 31.4 Å². The highest BCUT2D eigenvalue weighted by Gasteiger charge is 2.48. The Balaban J connectivity index is 1.54. The minimum Gasteiger partial charge on any atom is -0.479 e. The van der Waals surface area contributed by atoms with Crippen molar-refractivity contribution in [1.82, 2.24) is 10.2 Å². The highest BCUT2D eigenvalue weighted by Crippen LogP contribution is 2.31. The zero-order valence-corrected chi connectivity index (χ0v) is 24.5. The molecule has 3 rings (SSSR count). The molecule has 6 N–H and O–H groups in total. The van der Waals surface area contributed by atoms with Gasteiger partial charge in [0.15, 0.2) is 6.10 Å². The van der Waals surface area contributed by atoms with Crippen LogP contribution in [0.3, 0.4) is 0 Å². The standard InChI is InChI=1S/C29H37N3O13/c1-30-29(42)43-15-16-9-10-19(44-28-25(39)23(37)24(38)26(45-28)27(40)41)18(14-16)31-20(34)8-5-7-17(33)6-3-2-4-13-32-21(35)11-12-22(32)36/h9-12,14,23-26,28,37-39H,2-8,13,15H2,1H3,(H,30,42)(H,31,34)(H,40,41)/t23-,24-,25+,26-,28+/m1/s1. The number of imide groups is 1. The molecule has 0 unspecified atom stereocenters. The summed E-state index contributed by atoms with van der Waals surface area (Å²) in [6.07, 6.45) is -5.17. The number of aliphatic hydroxyl groups is 3. The maximum absolute atomic E-state index is 12.8. The second-order valence-electron chi connectivity index (χ2n) is 10.4. The van der Waals surface area contributed by atoms with Gasteiger partial charge >= 0.3 is 12.1 Å². The van der Waals surface area contributed by atoms with Crippen molar-refractivity contribution in [2.24, 2.45) is 0 Å². The molecule has 0 spiro atoms. The molecule has 2 aliphatic rings. The Bertz CT molecular complexity index is 1280. The lowest BCUT2D eigenvalue weighted by Crippen LogP contribution is -2.61. The van der Waals surface area contributed by atoms with Crippen LogP contribution < -0.4 is 15.4 Å². The van der Waals surface area contributed by atoms with Crippen molar-refractivity contribution >= 4 is 41.3 Å². The Morgan fingerprint density at radius 1 is 0.911 bits per heavy atom. The van der Waals surface area contributed by atoms with E-state index in [1.165, 1.54) is 37.4 Å². The predicted molar refractivity (Wildman–Crippen MR) is 152 cm³/mol. The molecule has 5 atom stereocenters. The molecule has 0 bridgehead atoms.